The number of hydrogen-bond acceptors (Lipinski definition) is 5. The molecule has 1 aliphatic heterocycles. The first-order valence-electron chi connectivity index (χ1n) is 11.5. The van der Waals surface area contributed by atoms with Gasteiger partial charge in [0.05, 0.1) is 27.2 Å². The normalized spacial score (nSPS) is 13.5. The van der Waals surface area contributed by atoms with Gasteiger partial charge in [-0.15, -0.1) is 0 Å². The summed E-state index contributed by atoms with van der Waals surface area (Å²) in [6, 6.07) is 23.0. The van der Waals surface area contributed by atoms with E-state index < -0.39 is 0 Å². The fraction of sp³-hybridized carbons (Fsp3) is 0.286. The molecule has 4 rings (SSSR count). The summed E-state index contributed by atoms with van der Waals surface area (Å²) in [6.07, 6.45) is 0. The zero-order valence-corrected chi connectivity index (χ0v) is 20.3. The molecule has 182 valence electrons. The number of carbonyl (C=O) groups excluding carboxylic acids is 2. The monoisotopic (exact) mass is 474 g/mol. The van der Waals surface area contributed by atoms with Crippen molar-refractivity contribution < 1.29 is 23.8 Å². The smallest absolute Gasteiger partial charge is 0.254 e. The van der Waals surface area contributed by atoms with Crippen LogP contribution < -0.4 is 14.2 Å². The van der Waals surface area contributed by atoms with E-state index in [4.69, 9.17) is 14.2 Å². The van der Waals surface area contributed by atoms with E-state index in [2.05, 4.69) is 0 Å². The standard InChI is InChI=1S/C28H30N2O5/c1-33-23-18-22(19-24(34-2)26(23)35-3)27(31)29-14-16-30(17-15-29)28(32)25(20-10-6-4-7-11-20)21-12-8-5-9-13-21/h4-13,18-19,25H,14-17H2,1-3H3. The van der Waals surface area contributed by atoms with Crippen molar-refractivity contribution in [2.45, 2.75) is 5.92 Å². The van der Waals surface area contributed by atoms with E-state index in [1.165, 1.54) is 21.3 Å². The number of piperazine rings is 1. The lowest BCUT2D eigenvalue weighted by Crippen LogP contribution is -2.51. The van der Waals surface area contributed by atoms with Gasteiger partial charge in [-0.05, 0) is 23.3 Å². The molecule has 3 aromatic rings. The predicted octanol–water partition coefficient (Wildman–Crippen LogP) is 3.83. The quantitative estimate of drug-likeness (QED) is 0.521. The third-order valence-corrected chi connectivity index (χ3v) is 6.30. The van der Waals surface area contributed by atoms with Crippen LogP contribution in [-0.4, -0.2) is 69.1 Å². The van der Waals surface area contributed by atoms with Crippen LogP contribution in [0.4, 0.5) is 0 Å². The van der Waals surface area contributed by atoms with Crippen LogP contribution in [0.5, 0.6) is 17.2 Å². The molecule has 0 bridgehead atoms. The maximum Gasteiger partial charge on any atom is 0.254 e. The zero-order chi connectivity index (χ0) is 24.8. The first kappa shape index (κ1) is 24.1. The predicted molar refractivity (Wildman–Crippen MR) is 133 cm³/mol. The van der Waals surface area contributed by atoms with Crippen LogP contribution in [0.2, 0.25) is 0 Å². The zero-order valence-electron chi connectivity index (χ0n) is 20.3. The van der Waals surface area contributed by atoms with Crippen molar-refractivity contribution in [3.63, 3.8) is 0 Å². The third kappa shape index (κ3) is 5.09. The second-order valence-corrected chi connectivity index (χ2v) is 8.29. The van der Waals surface area contributed by atoms with Gasteiger partial charge in [-0.1, -0.05) is 60.7 Å². The summed E-state index contributed by atoms with van der Waals surface area (Å²) in [5.74, 6) is 0.820. The van der Waals surface area contributed by atoms with Crippen LogP contribution in [0.15, 0.2) is 72.8 Å². The molecule has 0 atom stereocenters. The summed E-state index contributed by atoms with van der Waals surface area (Å²) < 4.78 is 16.1. The van der Waals surface area contributed by atoms with Gasteiger partial charge in [0.15, 0.2) is 11.5 Å². The number of hydrogen-bond donors (Lipinski definition) is 0. The molecule has 7 heteroatoms. The Morgan fingerprint density at radius 3 is 1.57 bits per heavy atom. The molecule has 1 fully saturated rings. The Labute approximate surface area is 205 Å². The summed E-state index contributed by atoms with van der Waals surface area (Å²) in [6.45, 7) is 1.81. The van der Waals surface area contributed by atoms with Gasteiger partial charge in [0.25, 0.3) is 5.91 Å². The molecule has 0 aliphatic carbocycles. The van der Waals surface area contributed by atoms with Crippen molar-refractivity contribution in [2.24, 2.45) is 0 Å². The molecule has 1 aliphatic rings. The van der Waals surface area contributed by atoms with Gasteiger partial charge in [0.1, 0.15) is 0 Å². The van der Waals surface area contributed by atoms with E-state index in [1.807, 2.05) is 65.6 Å². The Bertz CT molecular complexity index is 1090. The molecule has 35 heavy (non-hydrogen) atoms. The highest BCUT2D eigenvalue weighted by atomic mass is 16.5. The summed E-state index contributed by atoms with van der Waals surface area (Å²) in [5.41, 5.74) is 2.37. The van der Waals surface area contributed by atoms with Crippen molar-refractivity contribution in [1.82, 2.24) is 9.80 Å². The lowest BCUT2D eigenvalue weighted by atomic mass is 9.90. The lowest BCUT2D eigenvalue weighted by Gasteiger charge is -2.36. The number of rotatable bonds is 7. The molecule has 0 spiro atoms. The highest BCUT2D eigenvalue weighted by molar-refractivity contribution is 5.96. The Hall–Kier alpha value is -4.00. The third-order valence-electron chi connectivity index (χ3n) is 6.30. The summed E-state index contributed by atoms with van der Waals surface area (Å²) >= 11 is 0. The van der Waals surface area contributed by atoms with Crippen molar-refractivity contribution in [3.05, 3.63) is 89.5 Å². The van der Waals surface area contributed by atoms with Crippen molar-refractivity contribution >= 4 is 11.8 Å². The molecule has 2 amide bonds. The number of benzene rings is 3. The number of methoxy groups -OCH3 is 3. The minimum atomic E-state index is -0.380. The van der Waals surface area contributed by atoms with E-state index in [-0.39, 0.29) is 17.7 Å². The first-order chi connectivity index (χ1) is 17.1. The van der Waals surface area contributed by atoms with E-state index in [0.29, 0.717) is 49.0 Å². The molecule has 0 radical (unpaired) electrons. The highest BCUT2D eigenvalue weighted by Crippen LogP contribution is 2.38. The Balaban J connectivity index is 1.50. The van der Waals surface area contributed by atoms with Crippen LogP contribution in [0.3, 0.4) is 0 Å². The second kappa shape index (κ2) is 11.0. The molecule has 0 saturated carbocycles. The summed E-state index contributed by atoms with van der Waals surface area (Å²) in [7, 11) is 4.56. The van der Waals surface area contributed by atoms with Gasteiger partial charge < -0.3 is 24.0 Å². The molecular weight excluding hydrogens is 444 g/mol. The van der Waals surface area contributed by atoms with E-state index in [1.54, 1.807) is 17.0 Å². The van der Waals surface area contributed by atoms with Crippen molar-refractivity contribution in [1.29, 1.82) is 0 Å². The molecule has 1 heterocycles. The van der Waals surface area contributed by atoms with Crippen LogP contribution in [0.25, 0.3) is 0 Å². The fourth-order valence-corrected chi connectivity index (χ4v) is 4.47. The molecular formula is C28H30N2O5. The summed E-state index contributed by atoms with van der Waals surface area (Å²) in [4.78, 5) is 30.5. The minimum Gasteiger partial charge on any atom is -0.493 e. The van der Waals surface area contributed by atoms with Crippen LogP contribution in [0.1, 0.15) is 27.4 Å². The van der Waals surface area contributed by atoms with Gasteiger partial charge in [0.2, 0.25) is 11.7 Å². The lowest BCUT2D eigenvalue weighted by molar-refractivity contribution is -0.133. The van der Waals surface area contributed by atoms with E-state index in [0.717, 1.165) is 11.1 Å². The number of amides is 2. The molecule has 0 N–H and O–H groups in total. The molecule has 7 nitrogen and oxygen atoms in total. The van der Waals surface area contributed by atoms with E-state index >= 15 is 0 Å². The molecule has 1 saturated heterocycles. The van der Waals surface area contributed by atoms with Gasteiger partial charge >= 0.3 is 0 Å². The SMILES string of the molecule is COc1cc(C(=O)N2CCN(C(=O)C(c3ccccc3)c3ccccc3)CC2)cc(OC)c1OC. The first-order valence-corrected chi connectivity index (χ1v) is 11.5. The van der Waals surface area contributed by atoms with Gasteiger partial charge in [-0.3, -0.25) is 9.59 Å². The van der Waals surface area contributed by atoms with Crippen LogP contribution >= 0.6 is 0 Å². The van der Waals surface area contributed by atoms with Gasteiger partial charge in [-0.25, -0.2) is 0 Å². The highest BCUT2D eigenvalue weighted by Gasteiger charge is 2.31. The van der Waals surface area contributed by atoms with Crippen LogP contribution in [0, 0.1) is 0 Å². The number of nitrogens with zero attached hydrogens (tertiary/aromatic N) is 2. The van der Waals surface area contributed by atoms with Gasteiger partial charge in [0, 0.05) is 31.7 Å². The largest absolute Gasteiger partial charge is 0.493 e. The maximum atomic E-state index is 13.7. The topological polar surface area (TPSA) is 68.3 Å². The average molecular weight is 475 g/mol. The summed E-state index contributed by atoms with van der Waals surface area (Å²) in [5, 5.41) is 0. The van der Waals surface area contributed by atoms with E-state index in [9.17, 15) is 9.59 Å². The molecule has 3 aromatic carbocycles. The average Bonchev–Trinajstić information content (AvgIpc) is 2.93. The van der Waals surface area contributed by atoms with Crippen molar-refractivity contribution in [2.75, 3.05) is 47.5 Å². The second-order valence-electron chi connectivity index (χ2n) is 8.29. The Morgan fingerprint density at radius 1 is 0.686 bits per heavy atom. The molecule has 0 unspecified atom stereocenters. The fourth-order valence-electron chi connectivity index (χ4n) is 4.47. The van der Waals surface area contributed by atoms with Gasteiger partial charge in [-0.2, -0.15) is 0 Å². The maximum absolute atomic E-state index is 13.7. The number of ether oxygens (including phenoxy) is 3. The Morgan fingerprint density at radius 2 is 1.14 bits per heavy atom. The number of carbonyl (C=O) groups is 2. The molecule has 0 aromatic heterocycles. The van der Waals surface area contributed by atoms with Crippen LogP contribution in [-0.2, 0) is 4.79 Å². The minimum absolute atomic E-state index is 0.0438. The Kier molecular flexibility index (Phi) is 7.55. The van der Waals surface area contributed by atoms with Crippen molar-refractivity contribution in [3.8, 4) is 17.2 Å².